The van der Waals surface area contributed by atoms with E-state index < -0.39 is 0 Å². The monoisotopic (exact) mass is 248 g/mol. The number of amides is 2. The number of rotatable bonds is 2. The Morgan fingerprint density at radius 1 is 1.06 bits per heavy atom. The number of nitrogens with one attached hydrogen (secondary N) is 1. The molecule has 4 heteroatoms. The van der Waals surface area contributed by atoms with Gasteiger partial charge in [0.2, 0.25) is 11.8 Å². The van der Waals surface area contributed by atoms with Crippen LogP contribution in [-0.4, -0.2) is 36.3 Å². The Balaban J connectivity index is 1.69. The predicted molar refractivity (Wildman–Crippen MR) is 67.7 cm³/mol. The third-order valence-corrected chi connectivity index (χ3v) is 4.50. The van der Waals surface area contributed by atoms with E-state index >= 15 is 0 Å². The summed E-state index contributed by atoms with van der Waals surface area (Å²) in [6.45, 7) is 2.66. The van der Waals surface area contributed by atoms with Gasteiger partial charge in [-0.2, -0.15) is 0 Å². The van der Waals surface area contributed by atoms with Gasteiger partial charge in [-0.1, -0.05) is 12.2 Å². The van der Waals surface area contributed by atoms with E-state index in [1.165, 1.54) is 0 Å². The molecule has 18 heavy (non-hydrogen) atoms. The van der Waals surface area contributed by atoms with Gasteiger partial charge in [-0.05, 0) is 44.7 Å². The van der Waals surface area contributed by atoms with Crippen molar-refractivity contribution in [3.05, 3.63) is 12.2 Å². The molecule has 98 valence electrons. The Bertz CT molecular complexity index is 359. The Morgan fingerprint density at radius 2 is 1.61 bits per heavy atom. The molecule has 0 spiro atoms. The predicted octanol–water partition coefficient (Wildman–Crippen LogP) is 0.937. The summed E-state index contributed by atoms with van der Waals surface area (Å²) in [5.74, 6) is 0.515. The van der Waals surface area contributed by atoms with E-state index in [0.29, 0.717) is 12.5 Å². The molecule has 1 aliphatic carbocycles. The van der Waals surface area contributed by atoms with Crippen LogP contribution in [0.1, 0.15) is 25.7 Å². The van der Waals surface area contributed by atoms with Gasteiger partial charge in [0.25, 0.3) is 0 Å². The zero-order valence-electron chi connectivity index (χ0n) is 10.6. The van der Waals surface area contributed by atoms with Gasteiger partial charge < -0.3 is 5.32 Å². The van der Waals surface area contributed by atoms with Crippen LogP contribution in [0.15, 0.2) is 12.2 Å². The van der Waals surface area contributed by atoms with Crippen molar-refractivity contribution in [3.8, 4) is 0 Å². The second kappa shape index (κ2) is 4.84. The Morgan fingerprint density at radius 3 is 2.17 bits per heavy atom. The zero-order chi connectivity index (χ0) is 12.5. The summed E-state index contributed by atoms with van der Waals surface area (Å²) in [5.41, 5.74) is 0. The highest BCUT2D eigenvalue weighted by Gasteiger charge is 2.47. The topological polar surface area (TPSA) is 49.4 Å². The molecular weight excluding hydrogens is 228 g/mol. The van der Waals surface area contributed by atoms with Gasteiger partial charge in [-0.25, -0.2) is 0 Å². The minimum atomic E-state index is -0.0655. The van der Waals surface area contributed by atoms with E-state index in [9.17, 15) is 9.59 Å². The maximum Gasteiger partial charge on any atom is 0.233 e. The first-order chi connectivity index (χ1) is 8.77. The molecule has 2 saturated heterocycles. The van der Waals surface area contributed by atoms with Crippen molar-refractivity contribution in [3.63, 3.8) is 0 Å². The van der Waals surface area contributed by atoms with E-state index in [2.05, 4.69) is 5.32 Å². The molecule has 0 radical (unpaired) electrons. The summed E-state index contributed by atoms with van der Waals surface area (Å²) in [6.07, 6.45) is 7.73. The summed E-state index contributed by atoms with van der Waals surface area (Å²) < 4.78 is 0. The SMILES string of the molecule is O=C1[C@H]2CC=CC[C@H]2C(=O)N1CC1CCNCC1. The largest absolute Gasteiger partial charge is 0.317 e. The number of carbonyl (C=O) groups excluding carboxylic acids is 2. The zero-order valence-corrected chi connectivity index (χ0v) is 10.6. The molecule has 2 atom stereocenters. The number of allylic oxidation sites excluding steroid dienone is 2. The van der Waals surface area contributed by atoms with E-state index in [1.807, 2.05) is 12.2 Å². The summed E-state index contributed by atoms with van der Waals surface area (Å²) in [5, 5.41) is 3.31. The van der Waals surface area contributed by atoms with Crippen molar-refractivity contribution in [1.82, 2.24) is 10.2 Å². The fraction of sp³-hybridized carbons (Fsp3) is 0.714. The van der Waals surface area contributed by atoms with E-state index in [4.69, 9.17) is 0 Å². The third-order valence-electron chi connectivity index (χ3n) is 4.50. The van der Waals surface area contributed by atoms with Crippen molar-refractivity contribution < 1.29 is 9.59 Å². The minimum Gasteiger partial charge on any atom is -0.317 e. The van der Waals surface area contributed by atoms with Gasteiger partial charge in [0, 0.05) is 6.54 Å². The van der Waals surface area contributed by atoms with Crippen LogP contribution in [0.2, 0.25) is 0 Å². The number of hydrogen-bond acceptors (Lipinski definition) is 3. The molecular formula is C14H20N2O2. The van der Waals surface area contributed by atoms with E-state index in [1.54, 1.807) is 4.90 Å². The standard InChI is InChI=1S/C14H20N2O2/c17-13-11-3-1-2-4-12(11)14(18)16(13)9-10-5-7-15-8-6-10/h1-2,10-12,15H,3-9H2/t11-,12+. The molecule has 2 aliphatic heterocycles. The van der Waals surface area contributed by atoms with Crippen LogP contribution >= 0.6 is 0 Å². The summed E-state index contributed by atoms with van der Waals surface area (Å²) in [4.78, 5) is 26.1. The lowest BCUT2D eigenvalue weighted by atomic mass is 9.85. The fourth-order valence-electron chi connectivity index (χ4n) is 3.37. The maximum absolute atomic E-state index is 12.3. The number of nitrogens with zero attached hydrogens (tertiary/aromatic N) is 1. The number of fused-ring (bicyclic) bond motifs is 1. The number of carbonyl (C=O) groups is 2. The quantitative estimate of drug-likeness (QED) is 0.584. The van der Waals surface area contributed by atoms with Crippen molar-refractivity contribution in [2.24, 2.45) is 17.8 Å². The second-order valence-corrected chi connectivity index (χ2v) is 5.64. The maximum atomic E-state index is 12.3. The van der Waals surface area contributed by atoms with Gasteiger partial charge in [-0.3, -0.25) is 14.5 Å². The molecule has 0 saturated carbocycles. The Hall–Kier alpha value is -1.16. The first-order valence-electron chi connectivity index (χ1n) is 6.98. The summed E-state index contributed by atoms with van der Waals surface area (Å²) in [7, 11) is 0. The lowest BCUT2D eigenvalue weighted by Crippen LogP contribution is -2.39. The molecule has 0 unspecified atom stereocenters. The first kappa shape index (κ1) is 11.9. The van der Waals surface area contributed by atoms with Gasteiger partial charge >= 0.3 is 0 Å². The first-order valence-corrected chi connectivity index (χ1v) is 6.98. The van der Waals surface area contributed by atoms with Crippen molar-refractivity contribution in [1.29, 1.82) is 0 Å². The molecule has 0 bridgehead atoms. The average molecular weight is 248 g/mol. The van der Waals surface area contributed by atoms with Gasteiger partial charge in [-0.15, -0.1) is 0 Å². The highest BCUT2D eigenvalue weighted by atomic mass is 16.2. The highest BCUT2D eigenvalue weighted by molar-refractivity contribution is 6.05. The smallest absolute Gasteiger partial charge is 0.233 e. The van der Waals surface area contributed by atoms with Crippen molar-refractivity contribution >= 4 is 11.8 Å². The fourth-order valence-corrected chi connectivity index (χ4v) is 3.37. The van der Waals surface area contributed by atoms with Gasteiger partial charge in [0.15, 0.2) is 0 Å². The Kier molecular flexibility index (Phi) is 3.20. The normalized spacial score (nSPS) is 33.0. The van der Waals surface area contributed by atoms with Crippen molar-refractivity contribution in [2.75, 3.05) is 19.6 Å². The number of likely N-dealkylation sites (tertiary alicyclic amines) is 1. The molecule has 3 rings (SSSR count). The van der Waals surface area contributed by atoms with E-state index in [0.717, 1.165) is 38.8 Å². The van der Waals surface area contributed by atoms with Gasteiger partial charge in [0.1, 0.15) is 0 Å². The molecule has 0 aromatic carbocycles. The lowest BCUT2D eigenvalue weighted by Gasteiger charge is -2.26. The lowest BCUT2D eigenvalue weighted by molar-refractivity contribution is -0.140. The molecule has 4 nitrogen and oxygen atoms in total. The highest BCUT2D eigenvalue weighted by Crippen LogP contribution is 2.35. The Labute approximate surface area is 107 Å². The van der Waals surface area contributed by atoms with Crippen LogP contribution in [-0.2, 0) is 9.59 Å². The molecule has 1 N–H and O–H groups in total. The van der Waals surface area contributed by atoms with Crippen LogP contribution in [0.3, 0.4) is 0 Å². The molecule has 2 heterocycles. The molecule has 2 amide bonds. The van der Waals surface area contributed by atoms with Crippen LogP contribution in [0.25, 0.3) is 0 Å². The van der Waals surface area contributed by atoms with Crippen LogP contribution in [0.4, 0.5) is 0 Å². The second-order valence-electron chi connectivity index (χ2n) is 5.64. The van der Waals surface area contributed by atoms with E-state index in [-0.39, 0.29) is 23.7 Å². The minimum absolute atomic E-state index is 0.0655. The molecule has 0 aromatic rings. The van der Waals surface area contributed by atoms with Gasteiger partial charge in [0.05, 0.1) is 11.8 Å². The molecule has 3 aliphatic rings. The average Bonchev–Trinajstić information content (AvgIpc) is 2.66. The van der Waals surface area contributed by atoms with Crippen molar-refractivity contribution in [2.45, 2.75) is 25.7 Å². The summed E-state index contributed by atoms with van der Waals surface area (Å²) in [6, 6.07) is 0. The third kappa shape index (κ3) is 1.99. The number of piperidine rings is 1. The molecule has 2 fully saturated rings. The number of hydrogen-bond donors (Lipinski definition) is 1. The number of imide groups is 1. The van der Waals surface area contributed by atoms with Crippen LogP contribution in [0.5, 0.6) is 0 Å². The van der Waals surface area contributed by atoms with Crippen LogP contribution < -0.4 is 5.32 Å². The summed E-state index contributed by atoms with van der Waals surface area (Å²) >= 11 is 0. The van der Waals surface area contributed by atoms with Crippen LogP contribution in [0, 0.1) is 17.8 Å². The molecule has 0 aromatic heterocycles.